The third kappa shape index (κ3) is 5.56. The van der Waals surface area contributed by atoms with Gasteiger partial charge in [-0.3, -0.25) is 4.98 Å². The molecule has 5 rings (SSSR count). The fraction of sp³-hybridized carbons (Fsp3) is 0.259. The van der Waals surface area contributed by atoms with E-state index < -0.39 is 5.97 Å². The second-order valence-corrected chi connectivity index (χ2v) is 9.56. The van der Waals surface area contributed by atoms with Gasteiger partial charge in [-0.2, -0.15) is 4.98 Å². The zero-order chi connectivity index (χ0) is 26.6. The highest BCUT2D eigenvalue weighted by Gasteiger charge is 2.33. The van der Waals surface area contributed by atoms with Crippen LogP contribution in [-0.4, -0.2) is 38.0 Å². The smallest absolute Gasteiger partial charge is 0.335 e. The quantitative estimate of drug-likeness (QED) is 0.157. The average molecular weight is 553 g/mol. The molecule has 0 spiro atoms. The first-order valence-electron chi connectivity index (χ1n) is 11.9. The summed E-state index contributed by atoms with van der Waals surface area (Å²) < 4.78 is 17.1. The molecule has 1 aromatic carbocycles. The fourth-order valence-corrected chi connectivity index (χ4v) is 4.53. The van der Waals surface area contributed by atoms with Crippen molar-refractivity contribution in [3.63, 3.8) is 0 Å². The topological polar surface area (TPSA) is 124 Å². The Bertz CT molecular complexity index is 1500. The van der Waals surface area contributed by atoms with Crippen LogP contribution in [0.4, 0.5) is 0 Å². The van der Waals surface area contributed by atoms with Crippen molar-refractivity contribution in [3.05, 3.63) is 81.8 Å². The molecule has 0 bridgehead atoms. The molecule has 0 radical (unpaired) electrons. The molecular formula is C27H22Cl2N4O5. The van der Waals surface area contributed by atoms with E-state index in [1.165, 1.54) is 24.5 Å². The SMILES string of the molecule is C=C=C(CCCOCc1c(-c2c(Cl)cncc2Cl)noc1C1CC1)c1nc(-c2ccc(C(=O)O)cc2)no1. The summed E-state index contributed by atoms with van der Waals surface area (Å²) in [5, 5.41) is 18.1. The van der Waals surface area contributed by atoms with Crippen molar-refractivity contribution in [1.82, 2.24) is 20.3 Å². The van der Waals surface area contributed by atoms with E-state index in [0.29, 0.717) is 76.1 Å². The number of hydrogen-bond acceptors (Lipinski definition) is 8. The van der Waals surface area contributed by atoms with Crippen LogP contribution >= 0.6 is 23.2 Å². The molecule has 1 aliphatic carbocycles. The first-order valence-corrected chi connectivity index (χ1v) is 12.6. The van der Waals surface area contributed by atoms with Gasteiger partial charge in [-0.15, -0.1) is 5.73 Å². The first kappa shape index (κ1) is 25.9. The van der Waals surface area contributed by atoms with Gasteiger partial charge in [0.05, 0.1) is 27.8 Å². The molecule has 194 valence electrons. The van der Waals surface area contributed by atoms with Gasteiger partial charge in [-0.1, -0.05) is 52.2 Å². The van der Waals surface area contributed by atoms with Gasteiger partial charge in [0, 0.05) is 41.6 Å². The summed E-state index contributed by atoms with van der Waals surface area (Å²) in [5.41, 5.74) is 6.35. The van der Waals surface area contributed by atoms with Crippen molar-refractivity contribution in [2.75, 3.05) is 6.61 Å². The minimum atomic E-state index is -1.00. The Balaban J connectivity index is 1.20. The molecule has 3 heterocycles. The first-order chi connectivity index (χ1) is 18.5. The summed E-state index contributed by atoms with van der Waals surface area (Å²) in [4.78, 5) is 19.5. The summed E-state index contributed by atoms with van der Waals surface area (Å²) in [5.74, 6) is 0.791. The third-order valence-corrected chi connectivity index (χ3v) is 6.68. The predicted octanol–water partition coefficient (Wildman–Crippen LogP) is 6.83. The number of hydrogen-bond donors (Lipinski definition) is 1. The number of aromatic nitrogens is 4. The largest absolute Gasteiger partial charge is 0.478 e. The second kappa shape index (κ2) is 11.3. The van der Waals surface area contributed by atoms with Crippen molar-refractivity contribution in [2.24, 2.45) is 0 Å². The number of allylic oxidation sites excluding steroid dienone is 1. The van der Waals surface area contributed by atoms with Crippen LogP contribution in [0.3, 0.4) is 0 Å². The fourth-order valence-electron chi connectivity index (χ4n) is 3.98. The molecule has 0 saturated heterocycles. The molecule has 9 nitrogen and oxygen atoms in total. The summed E-state index contributed by atoms with van der Waals surface area (Å²) in [6, 6.07) is 6.23. The maximum Gasteiger partial charge on any atom is 0.335 e. The number of halogens is 2. The van der Waals surface area contributed by atoms with Crippen molar-refractivity contribution in [1.29, 1.82) is 0 Å². The van der Waals surface area contributed by atoms with E-state index in [-0.39, 0.29) is 5.56 Å². The highest BCUT2D eigenvalue weighted by atomic mass is 35.5. The number of benzene rings is 1. The molecule has 1 aliphatic rings. The van der Waals surface area contributed by atoms with E-state index in [2.05, 4.69) is 32.6 Å². The molecule has 1 fully saturated rings. The molecule has 1 N–H and O–H groups in total. The summed E-state index contributed by atoms with van der Waals surface area (Å²) >= 11 is 12.7. The van der Waals surface area contributed by atoms with E-state index in [4.69, 9.17) is 42.1 Å². The number of carbonyl (C=O) groups is 1. The molecule has 4 aromatic rings. The maximum atomic E-state index is 11.1. The number of rotatable bonds is 11. The second-order valence-electron chi connectivity index (χ2n) is 8.74. The summed E-state index contributed by atoms with van der Waals surface area (Å²) in [7, 11) is 0. The van der Waals surface area contributed by atoms with Crippen molar-refractivity contribution < 1.29 is 23.7 Å². The predicted molar refractivity (Wildman–Crippen MR) is 140 cm³/mol. The summed E-state index contributed by atoms with van der Waals surface area (Å²) in [6.07, 6.45) is 6.34. The number of carboxylic acids is 1. The lowest BCUT2D eigenvalue weighted by Gasteiger charge is -2.08. The van der Waals surface area contributed by atoms with Crippen LogP contribution in [0.1, 0.15) is 59.2 Å². The molecule has 11 heteroatoms. The molecule has 0 aliphatic heterocycles. The standard InChI is InChI=1S/C27H22Cl2N4O5/c1-2-15(26-31-25(33-38-26)17-7-9-18(10-8-17)27(34)35)4-3-11-36-14-19-23(32-37-24(19)16-5-6-16)22-20(28)12-30-13-21(22)29/h7-10,12-13,16H,1,3-6,11,14H2,(H,34,35). The van der Waals surface area contributed by atoms with Crippen molar-refractivity contribution >= 4 is 34.7 Å². The van der Waals surface area contributed by atoms with Crippen LogP contribution in [0, 0.1) is 0 Å². The zero-order valence-electron chi connectivity index (χ0n) is 20.1. The van der Waals surface area contributed by atoms with Crippen LogP contribution in [0.2, 0.25) is 10.0 Å². The number of pyridine rings is 1. The molecule has 0 atom stereocenters. The molecule has 0 unspecified atom stereocenters. The lowest BCUT2D eigenvalue weighted by Crippen LogP contribution is -2.00. The van der Waals surface area contributed by atoms with E-state index in [0.717, 1.165) is 24.2 Å². The monoisotopic (exact) mass is 552 g/mol. The van der Waals surface area contributed by atoms with Crippen molar-refractivity contribution in [2.45, 2.75) is 38.2 Å². The zero-order valence-corrected chi connectivity index (χ0v) is 21.6. The Morgan fingerprint density at radius 3 is 2.53 bits per heavy atom. The number of carboxylic acid groups (broad SMARTS) is 1. The lowest BCUT2D eigenvalue weighted by molar-refractivity contribution is 0.0697. The van der Waals surface area contributed by atoms with Gasteiger partial charge in [0.25, 0.3) is 5.89 Å². The van der Waals surface area contributed by atoms with Crippen molar-refractivity contribution in [3.8, 4) is 22.6 Å². The van der Waals surface area contributed by atoms with Crippen LogP contribution in [0.5, 0.6) is 0 Å². The third-order valence-electron chi connectivity index (χ3n) is 6.11. The Labute approximate surface area is 227 Å². The molecule has 3 aromatic heterocycles. The minimum Gasteiger partial charge on any atom is -0.478 e. The highest BCUT2D eigenvalue weighted by Crippen LogP contribution is 2.45. The Morgan fingerprint density at radius 1 is 1.13 bits per heavy atom. The number of ether oxygens (including phenoxy) is 1. The van der Waals surface area contributed by atoms with Gasteiger partial charge >= 0.3 is 5.97 Å². The van der Waals surface area contributed by atoms with Gasteiger partial charge in [0.15, 0.2) is 0 Å². The van der Waals surface area contributed by atoms with Gasteiger partial charge in [0.1, 0.15) is 11.5 Å². The normalized spacial score (nSPS) is 12.9. The van der Waals surface area contributed by atoms with Crippen LogP contribution in [-0.2, 0) is 11.3 Å². The Hall–Kier alpha value is -3.75. The minimum absolute atomic E-state index is 0.179. The van der Waals surface area contributed by atoms with Gasteiger partial charge in [-0.25, -0.2) is 4.79 Å². The molecular weight excluding hydrogens is 531 g/mol. The van der Waals surface area contributed by atoms with Gasteiger partial charge < -0.3 is 18.9 Å². The average Bonchev–Trinajstić information content (AvgIpc) is 3.49. The highest BCUT2D eigenvalue weighted by molar-refractivity contribution is 6.38. The van der Waals surface area contributed by atoms with Gasteiger partial charge in [-0.05, 0) is 37.8 Å². The molecule has 0 amide bonds. The molecule has 38 heavy (non-hydrogen) atoms. The summed E-state index contributed by atoms with van der Waals surface area (Å²) in [6.45, 7) is 4.48. The van der Waals surface area contributed by atoms with E-state index in [1.54, 1.807) is 12.1 Å². The van der Waals surface area contributed by atoms with E-state index >= 15 is 0 Å². The van der Waals surface area contributed by atoms with E-state index in [9.17, 15) is 4.79 Å². The van der Waals surface area contributed by atoms with Crippen LogP contribution in [0.25, 0.3) is 28.2 Å². The van der Waals surface area contributed by atoms with Crippen LogP contribution in [0.15, 0.2) is 58.0 Å². The van der Waals surface area contributed by atoms with Crippen LogP contribution < -0.4 is 0 Å². The maximum absolute atomic E-state index is 11.1. The number of aromatic carboxylic acids is 1. The Morgan fingerprint density at radius 2 is 1.87 bits per heavy atom. The molecule has 1 saturated carbocycles. The number of nitrogens with zero attached hydrogens (tertiary/aromatic N) is 4. The lowest BCUT2D eigenvalue weighted by atomic mass is 10.1. The Kier molecular flexibility index (Phi) is 7.72. The van der Waals surface area contributed by atoms with E-state index in [1.807, 2.05) is 0 Å². The van der Waals surface area contributed by atoms with Gasteiger partial charge in [0.2, 0.25) is 5.82 Å².